The molecule has 0 saturated carbocycles. The first-order valence-electron chi connectivity index (χ1n) is 4.99. The molecule has 1 aromatic carbocycles. The Kier molecular flexibility index (Phi) is 2.22. The molecule has 0 saturated heterocycles. The third-order valence-electron chi connectivity index (χ3n) is 2.78. The van der Waals surface area contributed by atoms with Gasteiger partial charge in [0, 0.05) is 6.42 Å². The van der Waals surface area contributed by atoms with Crippen LogP contribution in [0.4, 0.5) is 0 Å². The van der Waals surface area contributed by atoms with Crippen LogP contribution in [0.15, 0.2) is 18.2 Å². The molecule has 16 heavy (non-hydrogen) atoms. The molecule has 0 amide bonds. The number of aliphatic carboxylic acids is 1. The summed E-state index contributed by atoms with van der Waals surface area (Å²) in [6.45, 7) is 3.29. The maximum absolute atomic E-state index is 11.7. The summed E-state index contributed by atoms with van der Waals surface area (Å²) in [4.78, 5) is 22.7. The van der Waals surface area contributed by atoms with Crippen LogP contribution in [-0.2, 0) is 16.0 Å². The van der Waals surface area contributed by atoms with Crippen LogP contribution in [0.25, 0.3) is 0 Å². The van der Waals surface area contributed by atoms with Crippen molar-refractivity contribution in [2.45, 2.75) is 25.9 Å². The topological polar surface area (TPSA) is 63.6 Å². The second kappa shape index (κ2) is 3.33. The molecule has 4 nitrogen and oxygen atoms in total. The first-order valence-corrected chi connectivity index (χ1v) is 4.99. The number of carboxylic acid groups (broad SMARTS) is 1. The molecule has 0 fully saturated rings. The highest BCUT2D eigenvalue weighted by Gasteiger charge is 2.42. The fourth-order valence-electron chi connectivity index (χ4n) is 1.81. The molecule has 0 aromatic heterocycles. The van der Waals surface area contributed by atoms with Gasteiger partial charge in [-0.15, -0.1) is 0 Å². The number of ether oxygens (including phenoxy) is 1. The van der Waals surface area contributed by atoms with Crippen molar-refractivity contribution in [3.63, 3.8) is 0 Å². The van der Waals surface area contributed by atoms with Crippen molar-refractivity contribution in [2.24, 2.45) is 0 Å². The van der Waals surface area contributed by atoms with E-state index >= 15 is 0 Å². The van der Waals surface area contributed by atoms with Crippen molar-refractivity contribution >= 4 is 11.9 Å². The van der Waals surface area contributed by atoms with E-state index in [1.807, 2.05) is 13.0 Å². The van der Waals surface area contributed by atoms with Crippen LogP contribution in [-0.4, -0.2) is 22.6 Å². The summed E-state index contributed by atoms with van der Waals surface area (Å²) >= 11 is 0. The quantitative estimate of drug-likeness (QED) is 0.729. The van der Waals surface area contributed by atoms with Gasteiger partial charge in [-0.05, 0) is 25.5 Å². The number of carbonyl (C=O) groups is 2. The van der Waals surface area contributed by atoms with Crippen molar-refractivity contribution in [3.8, 4) is 0 Å². The van der Waals surface area contributed by atoms with Gasteiger partial charge in [-0.3, -0.25) is 0 Å². The third kappa shape index (κ3) is 1.56. The lowest BCUT2D eigenvalue weighted by Gasteiger charge is -2.30. The molecular weight excluding hydrogens is 208 g/mol. The normalized spacial score (nSPS) is 23.5. The van der Waals surface area contributed by atoms with Crippen molar-refractivity contribution in [1.29, 1.82) is 0 Å². The number of rotatable bonds is 1. The van der Waals surface area contributed by atoms with Gasteiger partial charge in [-0.1, -0.05) is 17.7 Å². The highest BCUT2D eigenvalue weighted by Crippen LogP contribution is 2.28. The summed E-state index contributed by atoms with van der Waals surface area (Å²) in [6, 6.07) is 5.37. The molecule has 1 heterocycles. The number of carbonyl (C=O) groups excluding carboxylic acids is 1. The first kappa shape index (κ1) is 10.7. The number of esters is 1. The molecule has 0 unspecified atom stereocenters. The monoisotopic (exact) mass is 220 g/mol. The Morgan fingerprint density at radius 1 is 1.50 bits per heavy atom. The van der Waals surface area contributed by atoms with Gasteiger partial charge in [0.25, 0.3) is 0 Å². The highest BCUT2D eigenvalue weighted by molar-refractivity contribution is 5.96. The molecule has 0 aliphatic carbocycles. The summed E-state index contributed by atoms with van der Waals surface area (Å²) in [6.07, 6.45) is 0.212. The lowest BCUT2D eigenvalue weighted by atomic mass is 9.89. The van der Waals surface area contributed by atoms with Crippen LogP contribution in [0.2, 0.25) is 0 Å². The summed E-state index contributed by atoms with van der Waals surface area (Å²) < 4.78 is 4.98. The zero-order valence-electron chi connectivity index (χ0n) is 9.11. The number of hydrogen-bond donors (Lipinski definition) is 1. The molecule has 0 radical (unpaired) electrons. The Labute approximate surface area is 92.8 Å². The van der Waals surface area contributed by atoms with Crippen molar-refractivity contribution in [1.82, 2.24) is 0 Å². The minimum absolute atomic E-state index is 0.212. The van der Waals surface area contributed by atoms with E-state index in [9.17, 15) is 9.59 Å². The van der Waals surface area contributed by atoms with E-state index in [1.54, 1.807) is 12.1 Å². The molecular formula is C12H12O4. The Hall–Kier alpha value is -1.84. The third-order valence-corrected chi connectivity index (χ3v) is 2.78. The summed E-state index contributed by atoms with van der Waals surface area (Å²) in [5, 5.41) is 9.02. The van der Waals surface area contributed by atoms with Gasteiger partial charge < -0.3 is 9.84 Å². The van der Waals surface area contributed by atoms with Crippen LogP contribution < -0.4 is 0 Å². The van der Waals surface area contributed by atoms with Crippen LogP contribution in [0.5, 0.6) is 0 Å². The number of fused-ring (bicyclic) bond motifs is 1. The van der Waals surface area contributed by atoms with Crippen LogP contribution in [0.1, 0.15) is 28.4 Å². The van der Waals surface area contributed by atoms with Gasteiger partial charge in [0.15, 0.2) is 0 Å². The molecule has 0 spiro atoms. The number of carboxylic acids is 1. The maximum Gasteiger partial charge on any atom is 0.348 e. The predicted octanol–water partition coefficient (Wildman–Crippen LogP) is 1.55. The fourth-order valence-corrected chi connectivity index (χ4v) is 1.81. The number of cyclic esters (lactones) is 1. The van der Waals surface area contributed by atoms with Gasteiger partial charge in [0.1, 0.15) is 0 Å². The van der Waals surface area contributed by atoms with Crippen LogP contribution >= 0.6 is 0 Å². The highest BCUT2D eigenvalue weighted by atomic mass is 16.6. The maximum atomic E-state index is 11.7. The van der Waals surface area contributed by atoms with Gasteiger partial charge in [0.2, 0.25) is 5.60 Å². The van der Waals surface area contributed by atoms with E-state index in [0.717, 1.165) is 11.1 Å². The first-order chi connectivity index (χ1) is 7.42. The molecule has 1 aliphatic rings. The van der Waals surface area contributed by atoms with E-state index in [1.165, 1.54) is 6.92 Å². The smallest absolute Gasteiger partial charge is 0.348 e. The summed E-state index contributed by atoms with van der Waals surface area (Å²) in [5.41, 5.74) is 0.708. The number of hydrogen-bond acceptors (Lipinski definition) is 3. The average molecular weight is 220 g/mol. The van der Waals surface area contributed by atoms with Gasteiger partial charge in [-0.25, -0.2) is 9.59 Å². The van der Waals surface area contributed by atoms with Crippen LogP contribution in [0, 0.1) is 6.92 Å². The average Bonchev–Trinajstić information content (AvgIpc) is 2.19. The molecule has 4 heteroatoms. The van der Waals surface area contributed by atoms with E-state index in [-0.39, 0.29) is 6.42 Å². The largest absolute Gasteiger partial charge is 0.478 e. The Morgan fingerprint density at radius 3 is 2.81 bits per heavy atom. The Balaban J connectivity index is 2.49. The Morgan fingerprint density at radius 2 is 2.19 bits per heavy atom. The standard InChI is InChI=1S/C12H12O4/c1-7-3-4-8-6-12(2,11(14)15)16-10(13)9(8)5-7/h3-5H,6H2,1-2H3,(H,14,15)/t12-/m0/s1. The fraction of sp³-hybridized carbons (Fsp3) is 0.333. The zero-order chi connectivity index (χ0) is 11.9. The summed E-state index contributed by atoms with van der Waals surface area (Å²) in [5.74, 6) is -1.68. The van der Waals surface area contributed by atoms with Gasteiger partial charge >= 0.3 is 11.9 Å². The second-order valence-corrected chi connectivity index (χ2v) is 4.26. The molecule has 0 bridgehead atoms. The molecule has 1 aliphatic heterocycles. The minimum atomic E-state index is -1.45. The van der Waals surface area contributed by atoms with Gasteiger partial charge in [0.05, 0.1) is 5.56 Å². The van der Waals surface area contributed by atoms with Crippen molar-refractivity contribution in [3.05, 3.63) is 34.9 Å². The molecule has 1 atom stereocenters. The second-order valence-electron chi connectivity index (χ2n) is 4.26. The number of aryl methyl sites for hydroxylation is 1. The van der Waals surface area contributed by atoms with E-state index in [0.29, 0.717) is 5.56 Å². The number of benzene rings is 1. The van der Waals surface area contributed by atoms with E-state index in [2.05, 4.69) is 0 Å². The lowest BCUT2D eigenvalue weighted by Crippen LogP contribution is -2.45. The zero-order valence-corrected chi connectivity index (χ0v) is 9.11. The van der Waals surface area contributed by atoms with Crippen molar-refractivity contribution in [2.75, 3.05) is 0 Å². The Bertz CT molecular complexity index is 478. The van der Waals surface area contributed by atoms with E-state index < -0.39 is 17.5 Å². The van der Waals surface area contributed by atoms with Crippen LogP contribution in [0.3, 0.4) is 0 Å². The predicted molar refractivity (Wildman–Crippen MR) is 56.3 cm³/mol. The molecule has 1 aromatic rings. The molecule has 1 N–H and O–H groups in total. The van der Waals surface area contributed by atoms with Gasteiger partial charge in [-0.2, -0.15) is 0 Å². The lowest BCUT2D eigenvalue weighted by molar-refractivity contribution is -0.158. The summed E-state index contributed by atoms with van der Waals surface area (Å²) in [7, 11) is 0. The SMILES string of the molecule is Cc1ccc2c(c1)C(=O)O[C@](C)(C(=O)O)C2. The van der Waals surface area contributed by atoms with E-state index in [4.69, 9.17) is 9.84 Å². The molecule has 2 rings (SSSR count). The minimum Gasteiger partial charge on any atom is -0.478 e. The van der Waals surface area contributed by atoms with Crippen molar-refractivity contribution < 1.29 is 19.4 Å². The molecule has 84 valence electrons.